The average molecular weight is 888 g/mol. The molecule has 1 aliphatic rings. The van der Waals surface area contributed by atoms with Gasteiger partial charge in [0.15, 0.2) is 0 Å². The lowest BCUT2D eigenvalue weighted by Gasteiger charge is -2.27. The van der Waals surface area contributed by atoms with Crippen molar-refractivity contribution in [3.8, 4) is 0 Å². The summed E-state index contributed by atoms with van der Waals surface area (Å²) in [7, 11) is 10.7. The number of carbonyl (C=O) groups excluding carboxylic acids is 12. The fourth-order valence-corrected chi connectivity index (χ4v) is 5.33. The second-order valence-corrected chi connectivity index (χ2v) is 15.0. The Morgan fingerprint density at radius 3 is 1.11 bits per heavy atom. The summed E-state index contributed by atoms with van der Waals surface area (Å²) < 4.78 is 5.18. The van der Waals surface area contributed by atoms with Crippen molar-refractivity contribution in [3.05, 3.63) is 35.9 Å². The van der Waals surface area contributed by atoms with Gasteiger partial charge in [0.25, 0.3) is 11.8 Å². The maximum atomic E-state index is 12.9. The zero-order valence-electron chi connectivity index (χ0n) is 37.0. The van der Waals surface area contributed by atoms with Gasteiger partial charge in [0.05, 0.1) is 45.8 Å². The van der Waals surface area contributed by atoms with Crippen molar-refractivity contribution in [3.63, 3.8) is 0 Å². The van der Waals surface area contributed by atoms with Crippen LogP contribution in [0.5, 0.6) is 0 Å². The van der Waals surface area contributed by atoms with E-state index < -0.39 is 110 Å². The lowest BCUT2D eigenvalue weighted by atomic mass is 10.2. The van der Waals surface area contributed by atoms with Crippen molar-refractivity contribution < 1.29 is 67.1 Å². The highest BCUT2D eigenvalue weighted by atomic mass is 16.7. The van der Waals surface area contributed by atoms with E-state index >= 15 is 0 Å². The van der Waals surface area contributed by atoms with Gasteiger partial charge in [0.1, 0.15) is 13.2 Å². The van der Waals surface area contributed by atoms with Crippen LogP contribution in [0.25, 0.3) is 0 Å². The van der Waals surface area contributed by atoms with Crippen LogP contribution in [0.4, 0.5) is 0 Å². The third kappa shape index (κ3) is 17.9. The molecule has 0 atom stereocenters. The molecule has 346 valence electrons. The maximum Gasteiger partial charge on any atom is 0.333 e. The van der Waals surface area contributed by atoms with Gasteiger partial charge in [-0.25, -0.2) is 4.79 Å². The van der Waals surface area contributed by atoms with Crippen molar-refractivity contribution in [1.29, 1.82) is 0 Å². The van der Waals surface area contributed by atoms with Gasteiger partial charge in [0, 0.05) is 82.1 Å². The van der Waals surface area contributed by atoms with E-state index in [9.17, 15) is 57.5 Å². The molecule has 1 fully saturated rings. The summed E-state index contributed by atoms with van der Waals surface area (Å²) in [5.41, 5.74) is 0.782. The molecular weight excluding hydrogens is 830 g/mol. The van der Waals surface area contributed by atoms with Crippen LogP contribution in [0.1, 0.15) is 37.7 Å². The fraction of sp³-hybridized carbons (Fsp3) is 0.550. The van der Waals surface area contributed by atoms with Crippen molar-refractivity contribution in [2.75, 3.05) is 109 Å². The normalized spacial score (nSPS) is 11.8. The first-order chi connectivity index (χ1) is 29.5. The standard InChI is InChI=1S/C40H57N9O14/c1-41(29(50)15-12-16-39(60)63-49-30(51)17-18-31(49)52)19-32(53)42(2)20-33(54)43(3)21-34(55)44(4)22-35(56)45(5)23-36(57)46(6)24-37(58)47(7)25-38(59)48(8)26-40(61)62-27-28-13-10-9-11-14-28/h9-11,13-14H,12,15-27H2,1-8H3. The van der Waals surface area contributed by atoms with Gasteiger partial charge in [-0.15, -0.1) is 5.06 Å². The van der Waals surface area contributed by atoms with E-state index in [1.165, 1.54) is 56.4 Å². The number of rotatable bonds is 23. The predicted molar refractivity (Wildman–Crippen MR) is 218 cm³/mol. The van der Waals surface area contributed by atoms with E-state index in [1.54, 1.807) is 24.3 Å². The molecule has 0 spiro atoms. The largest absolute Gasteiger partial charge is 0.459 e. The van der Waals surface area contributed by atoms with Gasteiger partial charge in [0.2, 0.25) is 47.3 Å². The minimum absolute atomic E-state index is 0.0241. The number of nitrogens with zero attached hydrogens (tertiary/aromatic N) is 9. The number of amides is 10. The average Bonchev–Trinajstić information content (AvgIpc) is 3.54. The zero-order valence-corrected chi connectivity index (χ0v) is 37.0. The number of carbonyl (C=O) groups is 12. The fourth-order valence-electron chi connectivity index (χ4n) is 5.33. The summed E-state index contributed by atoms with van der Waals surface area (Å²) >= 11 is 0. The molecule has 0 unspecified atom stereocenters. The molecule has 2 rings (SSSR count). The second kappa shape index (κ2) is 25.1. The highest BCUT2D eigenvalue weighted by molar-refractivity contribution is 6.01. The summed E-state index contributed by atoms with van der Waals surface area (Å²) in [5.74, 6) is -7.45. The van der Waals surface area contributed by atoms with E-state index in [0.717, 1.165) is 44.8 Å². The third-order valence-electron chi connectivity index (χ3n) is 9.59. The van der Waals surface area contributed by atoms with E-state index in [-0.39, 0.29) is 51.8 Å². The molecule has 0 radical (unpaired) electrons. The Kier molecular flexibility index (Phi) is 20.8. The van der Waals surface area contributed by atoms with Crippen LogP contribution in [-0.2, 0) is 73.7 Å². The van der Waals surface area contributed by atoms with Gasteiger partial charge >= 0.3 is 11.9 Å². The number of benzene rings is 1. The van der Waals surface area contributed by atoms with Crippen molar-refractivity contribution in [2.24, 2.45) is 0 Å². The summed E-state index contributed by atoms with van der Waals surface area (Å²) in [6.07, 6.45) is -0.481. The number of hydrogen-bond donors (Lipinski definition) is 0. The lowest BCUT2D eigenvalue weighted by molar-refractivity contribution is -0.197. The molecule has 1 heterocycles. The minimum atomic E-state index is -0.862. The van der Waals surface area contributed by atoms with Crippen molar-refractivity contribution in [2.45, 2.75) is 38.7 Å². The summed E-state index contributed by atoms with van der Waals surface area (Å²) in [5, 5.41) is 0.411. The molecule has 1 aromatic carbocycles. The summed E-state index contributed by atoms with van der Waals surface area (Å²) in [6, 6.07) is 8.99. The smallest absolute Gasteiger partial charge is 0.333 e. The topological polar surface area (TPSA) is 252 Å². The van der Waals surface area contributed by atoms with Crippen LogP contribution in [-0.4, -0.2) is 224 Å². The molecule has 23 nitrogen and oxygen atoms in total. The number of esters is 1. The Hall–Kier alpha value is -6.94. The number of hydroxylamine groups is 2. The van der Waals surface area contributed by atoms with E-state index in [2.05, 4.69) is 0 Å². The maximum absolute atomic E-state index is 12.9. The number of imide groups is 1. The van der Waals surface area contributed by atoms with Crippen LogP contribution in [0, 0.1) is 0 Å². The second-order valence-electron chi connectivity index (χ2n) is 15.0. The minimum Gasteiger partial charge on any atom is -0.459 e. The molecule has 0 bridgehead atoms. The Labute approximate surface area is 365 Å². The molecule has 10 amide bonds. The van der Waals surface area contributed by atoms with Crippen molar-refractivity contribution >= 4 is 71.0 Å². The first-order valence-electron chi connectivity index (χ1n) is 19.7. The van der Waals surface area contributed by atoms with Gasteiger partial charge in [-0.05, 0) is 12.0 Å². The van der Waals surface area contributed by atoms with E-state index in [1.807, 2.05) is 6.07 Å². The van der Waals surface area contributed by atoms with Crippen LogP contribution in [0.3, 0.4) is 0 Å². The third-order valence-corrected chi connectivity index (χ3v) is 9.59. The van der Waals surface area contributed by atoms with Crippen LogP contribution in [0.2, 0.25) is 0 Å². The predicted octanol–water partition coefficient (Wildman–Crippen LogP) is -2.83. The molecule has 63 heavy (non-hydrogen) atoms. The van der Waals surface area contributed by atoms with Crippen LogP contribution < -0.4 is 0 Å². The van der Waals surface area contributed by atoms with Gasteiger partial charge in [-0.3, -0.25) is 52.7 Å². The van der Waals surface area contributed by atoms with Crippen LogP contribution in [0.15, 0.2) is 30.3 Å². The highest BCUT2D eigenvalue weighted by Crippen LogP contribution is 2.13. The van der Waals surface area contributed by atoms with Gasteiger partial charge in [-0.1, -0.05) is 30.3 Å². The Bertz CT molecular complexity index is 1880. The molecule has 0 saturated carbocycles. The molecule has 0 aliphatic carbocycles. The molecule has 1 aliphatic heterocycles. The molecule has 0 N–H and O–H groups in total. The lowest BCUT2D eigenvalue weighted by Crippen LogP contribution is -2.49. The Balaban J connectivity index is 1.70. The summed E-state index contributed by atoms with van der Waals surface area (Å²) in [4.78, 5) is 163. The highest BCUT2D eigenvalue weighted by Gasteiger charge is 2.33. The number of likely N-dealkylation sites (N-methyl/N-ethyl adjacent to an activating group) is 8. The first kappa shape index (κ1) is 52.2. The van der Waals surface area contributed by atoms with Gasteiger partial charge < -0.3 is 48.8 Å². The van der Waals surface area contributed by atoms with E-state index in [4.69, 9.17) is 9.57 Å². The molecule has 0 aromatic heterocycles. The monoisotopic (exact) mass is 887 g/mol. The molecule has 1 saturated heterocycles. The van der Waals surface area contributed by atoms with E-state index in [0.29, 0.717) is 5.06 Å². The zero-order chi connectivity index (χ0) is 47.6. The van der Waals surface area contributed by atoms with Gasteiger partial charge in [-0.2, -0.15) is 0 Å². The Morgan fingerprint density at radius 2 is 0.762 bits per heavy atom. The molecule has 1 aromatic rings. The summed E-state index contributed by atoms with van der Waals surface area (Å²) in [6.45, 7) is -3.28. The van der Waals surface area contributed by atoms with Crippen molar-refractivity contribution in [1.82, 2.24) is 44.3 Å². The quantitative estimate of drug-likeness (QED) is 0.0794. The SMILES string of the molecule is CN(CC(=O)OCc1ccccc1)C(=O)CN(C)C(=O)CN(C)C(=O)CN(C)C(=O)CN(C)C(=O)CN(C)C(=O)CN(C)C(=O)CN(C)C(=O)CCCC(=O)ON1C(=O)CCC1=O. The number of ether oxygens (including phenoxy) is 1. The number of hydrogen-bond acceptors (Lipinski definition) is 14. The Morgan fingerprint density at radius 1 is 0.444 bits per heavy atom. The molecule has 23 heteroatoms. The molecular formula is C40H57N9O14. The first-order valence-corrected chi connectivity index (χ1v) is 19.7. The van der Waals surface area contributed by atoms with Crippen LogP contribution >= 0.6 is 0 Å².